The highest BCUT2D eigenvalue weighted by Crippen LogP contribution is 2.16. The molecular weight excluding hydrogens is 623 g/mol. The number of aldehydes is 1. The minimum Gasteiger partial charge on any atom is -0.481 e. The molecule has 0 saturated carbocycles. The molecular formula is C29H45FN8O9. The molecule has 0 aliphatic rings. The predicted molar refractivity (Wildman–Crippen MR) is 167 cm³/mol. The number of aliphatic carboxylic acids is 1. The standard InChI is InChI=1S/C22H40N8O8.C7H5FO/c23-6-2-1-5-16(30-18(33)12-38-27)17(32)9-13(4-3-7-28-22(25)26)21(37)29-11-15(31)8-14(20(24)36)10-19(34)35;8-7-3-1-6(5-9)2-4-7/h13-14,16H,1-12,23,27H2,(H2,24,36)(H,29,37)(H,30,33)(H,34,35)(H4,25,26,28);1-5H. The van der Waals surface area contributed by atoms with Gasteiger partial charge in [0.05, 0.1) is 24.9 Å². The molecule has 0 saturated heterocycles. The summed E-state index contributed by atoms with van der Waals surface area (Å²) in [5, 5.41) is 13.8. The van der Waals surface area contributed by atoms with E-state index in [2.05, 4.69) is 20.5 Å². The average molecular weight is 669 g/mol. The highest BCUT2D eigenvalue weighted by atomic mass is 19.1. The fraction of sp³-hybridized carbons (Fsp3) is 0.517. The lowest BCUT2D eigenvalue weighted by molar-refractivity contribution is -0.141. The number of unbranched alkanes of at least 4 members (excludes halogenated alkanes) is 1. The topological polar surface area (TPSA) is 315 Å². The van der Waals surface area contributed by atoms with Crippen LogP contribution in [0.15, 0.2) is 29.3 Å². The number of ketones is 2. The molecule has 0 heterocycles. The van der Waals surface area contributed by atoms with Crippen LogP contribution < -0.4 is 39.5 Å². The number of Topliss-reactive ketones (excluding diaryl/α,β-unsaturated/α-hetero) is 2. The van der Waals surface area contributed by atoms with Gasteiger partial charge in [-0.25, -0.2) is 10.3 Å². The smallest absolute Gasteiger partial charge is 0.304 e. The molecule has 3 unspecified atom stereocenters. The zero-order chi connectivity index (χ0) is 35.8. The number of halogens is 1. The van der Waals surface area contributed by atoms with Gasteiger partial charge >= 0.3 is 5.97 Å². The first-order chi connectivity index (χ1) is 22.2. The number of carboxylic acids is 1. The lowest BCUT2D eigenvalue weighted by atomic mass is 9.91. The lowest BCUT2D eigenvalue weighted by Gasteiger charge is -2.21. The monoisotopic (exact) mass is 668 g/mol. The molecule has 47 heavy (non-hydrogen) atoms. The van der Waals surface area contributed by atoms with Gasteiger partial charge in [0.15, 0.2) is 17.5 Å². The second kappa shape index (κ2) is 24.4. The first kappa shape index (κ1) is 42.2. The number of nitrogens with one attached hydrogen (secondary N) is 2. The highest BCUT2D eigenvalue weighted by molar-refractivity contribution is 5.94. The maximum Gasteiger partial charge on any atom is 0.304 e. The van der Waals surface area contributed by atoms with Crippen molar-refractivity contribution in [3.8, 4) is 0 Å². The number of hydrogen-bond acceptors (Lipinski definition) is 11. The Morgan fingerprint density at radius 1 is 0.936 bits per heavy atom. The van der Waals surface area contributed by atoms with Crippen molar-refractivity contribution in [2.75, 3.05) is 26.2 Å². The minimum atomic E-state index is -1.30. The van der Waals surface area contributed by atoms with Crippen molar-refractivity contribution >= 4 is 47.5 Å². The van der Waals surface area contributed by atoms with Crippen LogP contribution in [0.2, 0.25) is 0 Å². The number of hydrogen-bond donors (Lipinski definition) is 8. The van der Waals surface area contributed by atoms with Gasteiger partial charge in [-0.3, -0.25) is 43.4 Å². The number of guanidine groups is 1. The van der Waals surface area contributed by atoms with Crippen LogP contribution in [0.3, 0.4) is 0 Å². The summed E-state index contributed by atoms with van der Waals surface area (Å²) >= 11 is 0. The number of nitrogens with zero attached hydrogens (tertiary/aromatic N) is 1. The second-order valence-electron chi connectivity index (χ2n) is 10.4. The third kappa shape index (κ3) is 20.8. The van der Waals surface area contributed by atoms with Crippen molar-refractivity contribution in [3.63, 3.8) is 0 Å². The number of nitrogens with two attached hydrogens (primary N) is 5. The highest BCUT2D eigenvalue weighted by Gasteiger charge is 2.28. The molecule has 3 atom stereocenters. The Labute approximate surface area is 271 Å². The first-order valence-corrected chi connectivity index (χ1v) is 14.6. The van der Waals surface area contributed by atoms with E-state index in [0.29, 0.717) is 37.7 Å². The summed E-state index contributed by atoms with van der Waals surface area (Å²) in [6, 6.07) is 4.46. The number of carbonyl (C=O) groups is 7. The van der Waals surface area contributed by atoms with Gasteiger partial charge in [0.2, 0.25) is 17.7 Å². The molecule has 262 valence electrons. The zero-order valence-corrected chi connectivity index (χ0v) is 26.0. The molecule has 17 nitrogen and oxygen atoms in total. The van der Waals surface area contributed by atoms with E-state index in [4.69, 9.17) is 33.9 Å². The van der Waals surface area contributed by atoms with Crippen molar-refractivity contribution in [2.45, 2.75) is 57.4 Å². The molecule has 18 heteroatoms. The molecule has 0 fully saturated rings. The predicted octanol–water partition coefficient (Wildman–Crippen LogP) is -1.59. The second-order valence-corrected chi connectivity index (χ2v) is 10.4. The normalized spacial score (nSPS) is 12.2. The van der Waals surface area contributed by atoms with E-state index < -0.39 is 79.1 Å². The van der Waals surface area contributed by atoms with Crippen molar-refractivity contribution in [1.29, 1.82) is 0 Å². The maximum atomic E-state index is 13.1. The van der Waals surface area contributed by atoms with E-state index in [0.717, 1.165) is 0 Å². The van der Waals surface area contributed by atoms with Crippen molar-refractivity contribution < 1.29 is 47.9 Å². The van der Waals surface area contributed by atoms with Gasteiger partial charge in [-0.15, -0.1) is 0 Å². The Kier molecular flexibility index (Phi) is 21.9. The van der Waals surface area contributed by atoms with E-state index in [1.165, 1.54) is 24.3 Å². The molecule has 0 bridgehead atoms. The number of benzene rings is 1. The van der Waals surface area contributed by atoms with E-state index in [1.54, 1.807) is 0 Å². The quantitative estimate of drug-likeness (QED) is 0.0215. The number of rotatable bonds is 23. The third-order valence-electron chi connectivity index (χ3n) is 6.47. The fourth-order valence-electron chi connectivity index (χ4n) is 4.08. The number of primary amides is 1. The molecule has 0 radical (unpaired) electrons. The Balaban J connectivity index is 0.00000200. The Morgan fingerprint density at radius 3 is 2.13 bits per heavy atom. The molecule has 0 aromatic heterocycles. The molecule has 1 rings (SSSR count). The van der Waals surface area contributed by atoms with Crippen molar-refractivity contribution in [3.05, 3.63) is 35.6 Å². The van der Waals surface area contributed by atoms with Crippen LogP contribution in [0.25, 0.3) is 0 Å². The summed E-state index contributed by atoms with van der Waals surface area (Å²) in [5.74, 6) is -2.15. The molecule has 0 aliphatic heterocycles. The van der Waals surface area contributed by atoms with Gasteiger partial charge in [0.1, 0.15) is 18.7 Å². The van der Waals surface area contributed by atoms with Gasteiger partial charge in [-0.1, -0.05) is 0 Å². The zero-order valence-electron chi connectivity index (χ0n) is 26.0. The van der Waals surface area contributed by atoms with Crippen LogP contribution >= 0.6 is 0 Å². The number of aliphatic imine (C=N–C) groups is 1. The van der Waals surface area contributed by atoms with Crippen molar-refractivity contribution in [2.24, 2.45) is 45.7 Å². The molecule has 0 spiro atoms. The number of carboxylic acid groups (broad SMARTS) is 1. The van der Waals surface area contributed by atoms with Crippen LogP contribution in [0.1, 0.15) is 61.7 Å². The van der Waals surface area contributed by atoms with Gasteiger partial charge in [0.25, 0.3) is 0 Å². The van der Waals surface area contributed by atoms with Gasteiger partial charge in [-0.05, 0) is 62.9 Å². The van der Waals surface area contributed by atoms with Crippen LogP contribution in [-0.4, -0.2) is 84.9 Å². The molecule has 1 aromatic carbocycles. The first-order valence-electron chi connectivity index (χ1n) is 14.6. The molecule has 0 aliphatic carbocycles. The lowest BCUT2D eigenvalue weighted by Crippen LogP contribution is -2.45. The Hall–Kier alpha value is -4.81. The van der Waals surface area contributed by atoms with E-state index in [1.807, 2.05) is 0 Å². The number of carbonyl (C=O) groups excluding carboxylic acids is 6. The van der Waals surface area contributed by atoms with E-state index >= 15 is 0 Å². The molecule has 3 amide bonds. The van der Waals surface area contributed by atoms with Crippen LogP contribution in [0.5, 0.6) is 0 Å². The summed E-state index contributed by atoms with van der Waals surface area (Å²) in [5.41, 5.74) is 21.8. The SMILES string of the molecule is NCCCCC(NC(=O)CON)C(=O)CC(CCCN=C(N)N)C(=O)NCC(=O)CC(CC(=O)O)C(N)=O.O=Cc1ccc(F)cc1. The summed E-state index contributed by atoms with van der Waals surface area (Å²) in [7, 11) is 0. The van der Waals surface area contributed by atoms with Crippen molar-refractivity contribution in [1.82, 2.24) is 10.6 Å². The molecule has 1 aromatic rings. The minimum absolute atomic E-state index is 0.136. The fourth-order valence-corrected chi connectivity index (χ4v) is 4.08. The average Bonchev–Trinajstić information content (AvgIpc) is 3.01. The summed E-state index contributed by atoms with van der Waals surface area (Å²) < 4.78 is 12.1. The summed E-state index contributed by atoms with van der Waals surface area (Å²) in [6.45, 7) is -0.363. The van der Waals surface area contributed by atoms with E-state index in [9.17, 15) is 38.0 Å². The summed E-state index contributed by atoms with van der Waals surface area (Å²) in [6.07, 6.45) is 1.30. The van der Waals surface area contributed by atoms with Gasteiger partial charge in [-0.2, -0.15) is 0 Å². The summed E-state index contributed by atoms with van der Waals surface area (Å²) in [4.78, 5) is 90.6. The van der Waals surface area contributed by atoms with Gasteiger partial charge in [0, 0.05) is 30.9 Å². The van der Waals surface area contributed by atoms with Crippen LogP contribution in [-0.2, 0) is 33.6 Å². The largest absolute Gasteiger partial charge is 0.481 e. The maximum absolute atomic E-state index is 13.1. The van der Waals surface area contributed by atoms with Gasteiger partial charge < -0.3 is 38.7 Å². The van der Waals surface area contributed by atoms with Crippen LogP contribution in [0, 0.1) is 17.7 Å². The Morgan fingerprint density at radius 2 is 1.60 bits per heavy atom. The van der Waals surface area contributed by atoms with Crippen LogP contribution in [0.4, 0.5) is 4.39 Å². The Bertz CT molecular complexity index is 1210. The third-order valence-corrected chi connectivity index (χ3v) is 6.47. The number of amides is 3. The molecule has 13 N–H and O–H groups in total. The van der Waals surface area contributed by atoms with E-state index in [-0.39, 0.29) is 37.6 Å².